The maximum Gasteiger partial charge on any atom is 0.236 e. The topological polar surface area (TPSA) is 43.9 Å². The molecule has 5 heteroatoms. The van der Waals surface area contributed by atoms with E-state index in [1.807, 2.05) is 9.80 Å². The lowest BCUT2D eigenvalue weighted by molar-refractivity contribution is -0.136. The fourth-order valence-electron chi connectivity index (χ4n) is 3.98. The first-order chi connectivity index (χ1) is 11.9. The summed E-state index contributed by atoms with van der Waals surface area (Å²) < 4.78 is 0. The molecule has 0 aromatic heterocycles. The standard InChI is InChI=1S/C20H37N3O2/c1-16(2)13-23(14-17(3)4)19(24)15-21-11-7-18(8-12-21)20(25)22-9-5-6-10-22/h16-18H,5-15H2,1-4H3. The van der Waals surface area contributed by atoms with Crippen LogP contribution in [0.3, 0.4) is 0 Å². The maximum absolute atomic E-state index is 12.7. The molecule has 2 amide bonds. The molecule has 0 spiro atoms. The van der Waals surface area contributed by atoms with Gasteiger partial charge in [0.1, 0.15) is 0 Å². The van der Waals surface area contributed by atoms with E-state index in [2.05, 4.69) is 32.6 Å². The Labute approximate surface area is 153 Å². The molecular formula is C20H37N3O2. The average molecular weight is 352 g/mol. The number of piperidine rings is 1. The van der Waals surface area contributed by atoms with Crippen LogP contribution in [-0.4, -0.2) is 72.3 Å². The van der Waals surface area contributed by atoms with Crippen molar-refractivity contribution in [3.63, 3.8) is 0 Å². The second kappa shape index (κ2) is 9.56. The van der Waals surface area contributed by atoms with E-state index in [1.54, 1.807) is 0 Å². The molecule has 5 nitrogen and oxygen atoms in total. The van der Waals surface area contributed by atoms with Crippen molar-refractivity contribution < 1.29 is 9.59 Å². The molecule has 2 heterocycles. The van der Waals surface area contributed by atoms with E-state index in [1.165, 1.54) is 0 Å². The Balaban J connectivity index is 1.79. The van der Waals surface area contributed by atoms with Gasteiger partial charge in [-0.25, -0.2) is 0 Å². The van der Waals surface area contributed by atoms with Gasteiger partial charge in [0.15, 0.2) is 0 Å². The second-order valence-electron chi connectivity index (χ2n) is 8.67. The second-order valence-corrected chi connectivity index (χ2v) is 8.67. The highest BCUT2D eigenvalue weighted by atomic mass is 16.2. The summed E-state index contributed by atoms with van der Waals surface area (Å²) in [5, 5.41) is 0. The number of hydrogen-bond acceptors (Lipinski definition) is 3. The molecule has 2 aliphatic heterocycles. The largest absolute Gasteiger partial charge is 0.342 e. The van der Waals surface area contributed by atoms with Crippen LogP contribution in [0.25, 0.3) is 0 Å². The van der Waals surface area contributed by atoms with E-state index in [0.29, 0.717) is 24.3 Å². The van der Waals surface area contributed by atoms with Crippen molar-refractivity contribution in [2.24, 2.45) is 17.8 Å². The van der Waals surface area contributed by atoms with E-state index < -0.39 is 0 Å². The predicted octanol–water partition coefficient (Wildman–Crippen LogP) is 2.46. The number of hydrogen-bond donors (Lipinski definition) is 0. The zero-order valence-electron chi connectivity index (χ0n) is 16.7. The molecule has 0 saturated carbocycles. The summed E-state index contributed by atoms with van der Waals surface area (Å²) in [7, 11) is 0. The first kappa shape index (κ1) is 20.2. The number of rotatable bonds is 7. The van der Waals surface area contributed by atoms with Crippen LogP contribution >= 0.6 is 0 Å². The summed E-state index contributed by atoms with van der Waals surface area (Å²) in [5.41, 5.74) is 0. The lowest BCUT2D eigenvalue weighted by atomic mass is 9.95. The Morgan fingerprint density at radius 2 is 1.44 bits per heavy atom. The van der Waals surface area contributed by atoms with E-state index in [9.17, 15) is 9.59 Å². The molecule has 0 unspecified atom stereocenters. The average Bonchev–Trinajstić information content (AvgIpc) is 3.08. The molecule has 0 atom stereocenters. The summed E-state index contributed by atoms with van der Waals surface area (Å²) >= 11 is 0. The van der Waals surface area contributed by atoms with Crippen molar-refractivity contribution in [1.82, 2.24) is 14.7 Å². The number of amides is 2. The Kier molecular flexibility index (Phi) is 7.73. The van der Waals surface area contributed by atoms with Gasteiger partial charge < -0.3 is 9.80 Å². The summed E-state index contributed by atoms with van der Waals surface area (Å²) in [6.45, 7) is 14.4. The molecule has 0 aromatic rings. The van der Waals surface area contributed by atoms with Crippen LogP contribution in [0.5, 0.6) is 0 Å². The molecule has 0 radical (unpaired) electrons. The zero-order valence-corrected chi connectivity index (χ0v) is 16.7. The maximum atomic E-state index is 12.7. The van der Waals surface area contributed by atoms with Gasteiger partial charge >= 0.3 is 0 Å². The highest BCUT2D eigenvalue weighted by molar-refractivity contribution is 5.80. The van der Waals surface area contributed by atoms with Crippen LogP contribution in [-0.2, 0) is 9.59 Å². The van der Waals surface area contributed by atoms with Gasteiger partial charge in [0.25, 0.3) is 0 Å². The quantitative estimate of drug-likeness (QED) is 0.708. The Bertz CT molecular complexity index is 426. The van der Waals surface area contributed by atoms with Crippen molar-refractivity contribution in [3.8, 4) is 0 Å². The first-order valence-corrected chi connectivity index (χ1v) is 10.2. The van der Waals surface area contributed by atoms with Gasteiger partial charge in [-0.2, -0.15) is 0 Å². The molecule has 2 saturated heterocycles. The van der Waals surface area contributed by atoms with Gasteiger partial charge in [-0.1, -0.05) is 27.7 Å². The predicted molar refractivity (Wildman–Crippen MR) is 101 cm³/mol. The van der Waals surface area contributed by atoms with Gasteiger partial charge in [-0.3, -0.25) is 14.5 Å². The minimum absolute atomic E-state index is 0.173. The summed E-state index contributed by atoms with van der Waals surface area (Å²) in [4.78, 5) is 31.5. The van der Waals surface area contributed by atoms with Gasteiger partial charge in [-0.05, 0) is 50.6 Å². The molecular weight excluding hydrogens is 314 g/mol. The molecule has 2 aliphatic rings. The van der Waals surface area contributed by atoms with Crippen LogP contribution in [0.15, 0.2) is 0 Å². The van der Waals surface area contributed by atoms with Crippen LogP contribution in [0, 0.1) is 17.8 Å². The number of carbonyl (C=O) groups is 2. The number of carbonyl (C=O) groups excluding carboxylic acids is 2. The molecule has 2 fully saturated rings. The fraction of sp³-hybridized carbons (Fsp3) is 0.900. The smallest absolute Gasteiger partial charge is 0.236 e. The lowest BCUT2D eigenvalue weighted by Gasteiger charge is -2.34. The molecule has 25 heavy (non-hydrogen) atoms. The van der Waals surface area contributed by atoms with Crippen molar-refractivity contribution in [1.29, 1.82) is 0 Å². The van der Waals surface area contributed by atoms with Crippen LogP contribution in [0.2, 0.25) is 0 Å². The highest BCUT2D eigenvalue weighted by Crippen LogP contribution is 2.22. The first-order valence-electron chi connectivity index (χ1n) is 10.2. The normalized spacial score (nSPS) is 19.8. The zero-order chi connectivity index (χ0) is 18.4. The van der Waals surface area contributed by atoms with Gasteiger partial charge in [-0.15, -0.1) is 0 Å². The summed E-state index contributed by atoms with van der Waals surface area (Å²) in [5.74, 6) is 1.75. The van der Waals surface area contributed by atoms with Crippen LogP contribution in [0.1, 0.15) is 53.4 Å². The molecule has 2 rings (SSSR count). The summed E-state index contributed by atoms with van der Waals surface area (Å²) in [6.07, 6.45) is 4.11. The van der Waals surface area contributed by atoms with Gasteiger partial charge in [0.05, 0.1) is 6.54 Å². The SMILES string of the molecule is CC(C)CN(CC(C)C)C(=O)CN1CCC(C(=O)N2CCCC2)CC1. The lowest BCUT2D eigenvalue weighted by Crippen LogP contribution is -2.47. The molecule has 0 N–H and O–H groups in total. The van der Waals surface area contributed by atoms with Gasteiger partial charge in [0.2, 0.25) is 11.8 Å². The van der Waals surface area contributed by atoms with Crippen LogP contribution < -0.4 is 0 Å². The molecule has 0 aromatic carbocycles. The van der Waals surface area contributed by atoms with E-state index in [0.717, 1.165) is 65.0 Å². The molecule has 0 aliphatic carbocycles. The van der Waals surface area contributed by atoms with Crippen molar-refractivity contribution in [2.75, 3.05) is 45.8 Å². The van der Waals surface area contributed by atoms with E-state index in [-0.39, 0.29) is 11.8 Å². The molecule has 0 bridgehead atoms. The highest BCUT2D eigenvalue weighted by Gasteiger charge is 2.30. The monoisotopic (exact) mass is 351 g/mol. The number of likely N-dealkylation sites (tertiary alicyclic amines) is 2. The van der Waals surface area contributed by atoms with Crippen molar-refractivity contribution in [3.05, 3.63) is 0 Å². The third-order valence-corrected chi connectivity index (χ3v) is 5.24. The Morgan fingerprint density at radius 1 is 0.920 bits per heavy atom. The fourth-order valence-corrected chi connectivity index (χ4v) is 3.98. The van der Waals surface area contributed by atoms with Gasteiger partial charge in [0, 0.05) is 32.1 Å². The third kappa shape index (κ3) is 6.28. The minimum Gasteiger partial charge on any atom is -0.342 e. The Hall–Kier alpha value is -1.10. The Morgan fingerprint density at radius 3 is 1.92 bits per heavy atom. The summed E-state index contributed by atoms with van der Waals surface area (Å²) in [6, 6.07) is 0. The minimum atomic E-state index is 0.173. The number of nitrogens with zero attached hydrogens (tertiary/aromatic N) is 3. The van der Waals surface area contributed by atoms with Crippen LogP contribution in [0.4, 0.5) is 0 Å². The van der Waals surface area contributed by atoms with E-state index in [4.69, 9.17) is 0 Å². The van der Waals surface area contributed by atoms with Crippen molar-refractivity contribution >= 4 is 11.8 Å². The van der Waals surface area contributed by atoms with E-state index >= 15 is 0 Å². The van der Waals surface area contributed by atoms with Crippen molar-refractivity contribution in [2.45, 2.75) is 53.4 Å². The molecule has 144 valence electrons. The third-order valence-electron chi connectivity index (χ3n) is 5.24.